The van der Waals surface area contributed by atoms with E-state index < -0.39 is 0 Å². The topological polar surface area (TPSA) is 84.1 Å². The Bertz CT molecular complexity index is 869. The Hall–Kier alpha value is -2.74. The van der Waals surface area contributed by atoms with Gasteiger partial charge in [-0.25, -0.2) is 9.67 Å². The normalized spacial score (nSPS) is 15.4. The number of nitrogens with zero attached hydrogens (tertiary/aromatic N) is 5. The van der Waals surface area contributed by atoms with Crippen LogP contribution in [0.5, 0.6) is 5.75 Å². The van der Waals surface area contributed by atoms with Gasteiger partial charge in [-0.2, -0.15) is 11.3 Å². The molecule has 25 heavy (non-hydrogen) atoms. The number of carbonyl (C=O) groups is 1. The van der Waals surface area contributed by atoms with E-state index in [1.807, 2.05) is 22.3 Å². The molecule has 1 fully saturated rings. The second-order valence-corrected chi connectivity index (χ2v) is 6.77. The first-order valence-corrected chi connectivity index (χ1v) is 9.04. The monoisotopic (exact) mass is 355 g/mol. The molecule has 8 heteroatoms. The Morgan fingerprint density at radius 3 is 2.84 bits per heavy atom. The smallest absolute Gasteiger partial charge is 0.276 e. The predicted octanol–water partition coefficient (Wildman–Crippen LogP) is 2.58. The molecule has 1 N–H and O–H groups in total. The molecular weight excluding hydrogens is 338 g/mol. The standard InChI is InChI=1S/C17H17N5O2S/c23-15-2-1-6-18-16(15)17(24)21-7-3-13(4-8-21)22-10-14(19-20-22)12-5-9-25-11-12/h1-2,5-6,9-11,13,23H,3-4,7-8H2. The molecule has 1 aliphatic heterocycles. The molecule has 4 heterocycles. The SMILES string of the molecule is O=C(c1ncccc1O)N1CCC(n2cc(-c3ccsc3)nn2)CC1. The minimum Gasteiger partial charge on any atom is -0.505 e. The number of hydrogen-bond acceptors (Lipinski definition) is 6. The third-order valence-corrected chi connectivity index (χ3v) is 5.13. The summed E-state index contributed by atoms with van der Waals surface area (Å²) in [5, 5.41) is 22.4. The lowest BCUT2D eigenvalue weighted by Crippen LogP contribution is -2.39. The number of carbonyl (C=O) groups excluding carboxylic acids is 1. The molecule has 3 aromatic rings. The number of aromatic nitrogens is 4. The Morgan fingerprint density at radius 2 is 2.12 bits per heavy atom. The summed E-state index contributed by atoms with van der Waals surface area (Å²) in [5.74, 6) is -0.305. The molecule has 1 amide bonds. The van der Waals surface area contributed by atoms with E-state index in [1.165, 1.54) is 12.3 Å². The highest BCUT2D eigenvalue weighted by Crippen LogP contribution is 2.26. The van der Waals surface area contributed by atoms with Gasteiger partial charge in [0, 0.05) is 30.2 Å². The Morgan fingerprint density at radius 1 is 1.28 bits per heavy atom. The molecule has 0 atom stereocenters. The van der Waals surface area contributed by atoms with Gasteiger partial charge in [0.05, 0.1) is 12.2 Å². The average Bonchev–Trinajstić information content (AvgIpc) is 3.33. The van der Waals surface area contributed by atoms with E-state index >= 15 is 0 Å². The first-order valence-electron chi connectivity index (χ1n) is 8.10. The number of thiophene rings is 1. The number of amides is 1. The molecule has 0 aliphatic carbocycles. The van der Waals surface area contributed by atoms with E-state index in [2.05, 4.69) is 20.7 Å². The zero-order valence-corrected chi connectivity index (χ0v) is 14.3. The maximum absolute atomic E-state index is 12.5. The summed E-state index contributed by atoms with van der Waals surface area (Å²) in [5.41, 5.74) is 2.06. The average molecular weight is 355 g/mol. The van der Waals surface area contributed by atoms with E-state index in [9.17, 15) is 9.90 Å². The Kier molecular flexibility index (Phi) is 4.19. The maximum Gasteiger partial charge on any atom is 0.276 e. The van der Waals surface area contributed by atoms with Crippen molar-refractivity contribution < 1.29 is 9.90 Å². The van der Waals surface area contributed by atoms with Crippen molar-refractivity contribution in [1.82, 2.24) is 24.9 Å². The van der Waals surface area contributed by atoms with Gasteiger partial charge in [-0.3, -0.25) is 4.79 Å². The molecule has 128 valence electrons. The number of piperidine rings is 1. The van der Waals surface area contributed by atoms with Crippen LogP contribution in [0.15, 0.2) is 41.4 Å². The number of likely N-dealkylation sites (tertiary alicyclic amines) is 1. The third kappa shape index (κ3) is 3.12. The molecule has 0 bridgehead atoms. The largest absolute Gasteiger partial charge is 0.505 e. The molecule has 0 unspecified atom stereocenters. The number of aromatic hydroxyl groups is 1. The highest BCUT2D eigenvalue weighted by molar-refractivity contribution is 7.08. The van der Waals surface area contributed by atoms with Gasteiger partial charge in [0.25, 0.3) is 5.91 Å². The lowest BCUT2D eigenvalue weighted by molar-refractivity contribution is 0.0680. The van der Waals surface area contributed by atoms with Gasteiger partial charge in [-0.1, -0.05) is 5.21 Å². The maximum atomic E-state index is 12.5. The van der Waals surface area contributed by atoms with Crippen LogP contribution in [-0.4, -0.2) is 49.0 Å². The van der Waals surface area contributed by atoms with E-state index in [0.717, 1.165) is 24.1 Å². The van der Waals surface area contributed by atoms with E-state index in [0.29, 0.717) is 13.1 Å². The van der Waals surface area contributed by atoms with Crippen LogP contribution in [0, 0.1) is 0 Å². The van der Waals surface area contributed by atoms with Crippen LogP contribution in [-0.2, 0) is 0 Å². The number of rotatable bonds is 3. The molecule has 0 saturated carbocycles. The summed E-state index contributed by atoms with van der Waals surface area (Å²) in [7, 11) is 0. The lowest BCUT2D eigenvalue weighted by Gasteiger charge is -2.31. The molecule has 0 radical (unpaired) electrons. The summed E-state index contributed by atoms with van der Waals surface area (Å²) in [6.07, 6.45) is 5.08. The summed E-state index contributed by atoms with van der Waals surface area (Å²) in [6.45, 7) is 1.21. The van der Waals surface area contributed by atoms with Crippen LogP contribution >= 0.6 is 11.3 Å². The molecule has 3 aromatic heterocycles. The highest BCUT2D eigenvalue weighted by atomic mass is 32.1. The van der Waals surface area contributed by atoms with Crippen molar-refractivity contribution in [2.24, 2.45) is 0 Å². The Balaban J connectivity index is 1.42. The van der Waals surface area contributed by atoms with Gasteiger partial charge in [-0.15, -0.1) is 5.10 Å². The summed E-state index contributed by atoms with van der Waals surface area (Å²) >= 11 is 1.63. The summed E-state index contributed by atoms with van der Waals surface area (Å²) in [4.78, 5) is 18.2. The zero-order valence-electron chi connectivity index (χ0n) is 13.4. The van der Waals surface area contributed by atoms with E-state index in [1.54, 1.807) is 22.3 Å². The van der Waals surface area contributed by atoms with Crippen molar-refractivity contribution >= 4 is 17.2 Å². The first kappa shape index (κ1) is 15.8. The molecule has 7 nitrogen and oxygen atoms in total. The minimum absolute atomic E-state index is 0.0775. The fourth-order valence-corrected chi connectivity index (χ4v) is 3.69. The van der Waals surface area contributed by atoms with Crippen LogP contribution in [0.4, 0.5) is 0 Å². The van der Waals surface area contributed by atoms with Gasteiger partial charge < -0.3 is 10.0 Å². The lowest BCUT2D eigenvalue weighted by atomic mass is 10.0. The second kappa shape index (κ2) is 6.64. The second-order valence-electron chi connectivity index (χ2n) is 5.99. The summed E-state index contributed by atoms with van der Waals surface area (Å²) in [6, 6.07) is 5.34. The van der Waals surface area contributed by atoms with Crippen molar-refractivity contribution in [3.63, 3.8) is 0 Å². The zero-order chi connectivity index (χ0) is 17.2. The van der Waals surface area contributed by atoms with Gasteiger partial charge >= 0.3 is 0 Å². The van der Waals surface area contributed by atoms with Gasteiger partial charge in [0.1, 0.15) is 11.4 Å². The molecule has 0 spiro atoms. The molecule has 1 saturated heterocycles. The van der Waals surface area contributed by atoms with Crippen molar-refractivity contribution in [2.45, 2.75) is 18.9 Å². The van der Waals surface area contributed by atoms with Crippen LogP contribution < -0.4 is 0 Å². The predicted molar refractivity (Wildman–Crippen MR) is 93.4 cm³/mol. The van der Waals surface area contributed by atoms with Crippen molar-refractivity contribution in [1.29, 1.82) is 0 Å². The highest BCUT2D eigenvalue weighted by Gasteiger charge is 2.27. The molecule has 4 rings (SSSR count). The first-order chi connectivity index (χ1) is 12.2. The van der Waals surface area contributed by atoms with Gasteiger partial charge in [0.2, 0.25) is 0 Å². The Labute approximate surface area is 148 Å². The van der Waals surface area contributed by atoms with Crippen molar-refractivity contribution in [3.8, 4) is 17.0 Å². The number of pyridine rings is 1. The van der Waals surface area contributed by atoms with Crippen LogP contribution in [0.1, 0.15) is 29.4 Å². The third-order valence-electron chi connectivity index (χ3n) is 4.44. The molecule has 0 aromatic carbocycles. The summed E-state index contributed by atoms with van der Waals surface area (Å²) < 4.78 is 1.90. The van der Waals surface area contributed by atoms with Gasteiger partial charge in [0.15, 0.2) is 5.69 Å². The van der Waals surface area contributed by atoms with Gasteiger partial charge in [-0.05, 0) is 36.4 Å². The van der Waals surface area contributed by atoms with Crippen molar-refractivity contribution in [2.75, 3.05) is 13.1 Å². The number of hydrogen-bond donors (Lipinski definition) is 1. The molecular formula is C17H17N5O2S. The molecule has 1 aliphatic rings. The van der Waals surface area contributed by atoms with Crippen LogP contribution in [0.2, 0.25) is 0 Å². The van der Waals surface area contributed by atoms with Crippen LogP contribution in [0.3, 0.4) is 0 Å². The fraction of sp³-hybridized carbons (Fsp3) is 0.294. The van der Waals surface area contributed by atoms with E-state index in [4.69, 9.17) is 0 Å². The van der Waals surface area contributed by atoms with Crippen molar-refractivity contribution in [3.05, 3.63) is 47.0 Å². The van der Waals surface area contributed by atoms with E-state index in [-0.39, 0.29) is 23.4 Å². The quantitative estimate of drug-likeness (QED) is 0.781. The van der Waals surface area contributed by atoms with Crippen LogP contribution in [0.25, 0.3) is 11.3 Å². The minimum atomic E-state index is -0.228. The fourth-order valence-electron chi connectivity index (χ4n) is 3.04.